The quantitative estimate of drug-likeness (QED) is 0.897. The van der Waals surface area contributed by atoms with E-state index in [1.54, 1.807) is 0 Å². The lowest BCUT2D eigenvalue weighted by Gasteiger charge is -2.28. The maximum atomic E-state index is 13.2. The standard InChI is InChI=1S/C14H20F2N2.ClH/c1-2-5-18(14-3-4-17-9-14)10-11-6-12(15)8-13(16)7-11;/h6-8,14,17H,2-5,9-10H2,1H3;1H. The molecule has 0 aromatic heterocycles. The smallest absolute Gasteiger partial charge is 0.126 e. The maximum absolute atomic E-state index is 13.2. The summed E-state index contributed by atoms with van der Waals surface area (Å²) in [4.78, 5) is 2.31. The Balaban J connectivity index is 0.00000180. The lowest BCUT2D eigenvalue weighted by molar-refractivity contribution is 0.199. The minimum atomic E-state index is -0.494. The largest absolute Gasteiger partial charge is 0.315 e. The molecule has 2 nitrogen and oxygen atoms in total. The molecule has 1 aromatic carbocycles. The third-order valence-electron chi connectivity index (χ3n) is 3.37. The molecule has 19 heavy (non-hydrogen) atoms. The van der Waals surface area contributed by atoms with Gasteiger partial charge in [0.25, 0.3) is 0 Å². The summed E-state index contributed by atoms with van der Waals surface area (Å²) in [6, 6.07) is 4.25. The molecule has 0 bridgehead atoms. The summed E-state index contributed by atoms with van der Waals surface area (Å²) in [5, 5.41) is 3.33. The zero-order chi connectivity index (χ0) is 13.0. The second kappa shape index (κ2) is 7.78. The van der Waals surface area contributed by atoms with E-state index < -0.39 is 11.6 Å². The van der Waals surface area contributed by atoms with Gasteiger partial charge in [-0.3, -0.25) is 4.90 Å². The molecule has 1 aliphatic rings. The molecule has 1 saturated heterocycles. The van der Waals surface area contributed by atoms with E-state index in [0.717, 1.165) is 38.5 Å². The first-order valence-corrected chi connectivity index (χ1v) is 6.58. The van der Waals surface area contributed by atoms with Crippen molar-refractivity contribution in [2.24, 2.45) is 0 Å². The van der Waals surface area contributed by atoms with Crippen LogP contribution < -0.4 is 5.32 Å². The van der Waals surface area contributed by atoms with Gasteiger partial charge in [0, 0.05) is 25.2 Å². The molecule has 1 aliphatic heterocycles. The van der Waals surface area contributed by atoms with Crippen LogP contribution in [0, 0.1) is 11.6 Å². The normalized spacial score (nSPS) is 18.6. The van der Waals surface area contributed by atoms with Crippen LogP contribution in [-0.2, 0) is 6.54 Å². The predicted octanol–water partition coefficient (Wildman–Crippen LogP) is 2.96. The van der Waals surface area contributed by atoms with Crippen LogP contribution in [0.4, 0.5) is 8.78 Å². The Kier molecular flexibility index (Phi) is 6.69. The highest BCUT2D eigenvalue weighted by molar-refractivity contribution is 5.85. The monoisotopic (exact) mass is 290 g/mol. The summed E-state index contributed by atoms with van der Waals surface area (Å²) < 4.78 is 26.3. The van der Waals surface area contributed by atoms with E-state index in [0.29, 0.717) is 18.2 Å². The zero-order valence-electron chi connectivity index (χ0n) is 11.2. The van der Waals surface area contributed by atoms with Crippen molar-refractivity contribution in [3.8, 4) is 0 Å². The van der Waals surface area contributed by atoms with E-state index in [9.17, 15) is 8.78 Å². The summed E-state index contributed by atoms with van der Waals surface area (Å²) in [7, 11) is 0. The molecular weight excluding hydrogens is 270 g/mol. The fraction of sp³-hybridized carbons (Fsp3) is 0.571. The number of nitrogens with zero attached hydrogens (tertiary/aromatic N) is 1. The first-order valence-electron chi connectivity index (χ1n) is 6.58. The molecule has 0 radical (unpaired) electrons. The predicted molar refractivity (Wildman–Crippen MR) is 75.6 cm³/mol. The molecule has 0 saturated carbocycles. The van der Waals surface area contributed by atoms with Gasteiger partial charge in [0.15, 0.2) is 0 Å². The van der Waals surface area contributed by atoms with Crippen LogP contribution in [0.2, 0.25) is 0 Å². The zero-order valence-corrected chi connectivity index (χ0v) is 12.0. The topological polar surface area (TPSA) is 15.3 Å². The van der Waals surface area contributed by atoms with Gasteiger partial charge in [-0.1, -0.05) is 6.92 Å². The Morgan fingerprint density at radius 2 is 1.95 bits per heavy atom. The van der Waals surface area contributed by atoms with Crippen LogP contribution >= 0.6 is 12.4 Å². The van der Waals surface area contributed by atoms with Crippen molar-refractivity contribution in [1.82, 2.24) is 10.2 Å². The SMILES string of the molecule is CCCN(Cc1cc(F)cc(F)c1)C1CCNC1.Cl. The molecule has 5 heteroatoms. The van der Waals surface area contributed by atoms with Crippen molar-refractivity contribution in [2.75, 3.05) is 19.6 Å². The summed E-state index contributed by atoms with van der Waals surface area (Å²) in [6.45, 7) is 5.71. The van der Waals surface area contributed by atoms with Gasteiger partial charge in [-0.05, 0) is 43.6 Å². The lowest BCUT2D eigenvalue weighted by Crippen LogP contribution is -2.36. The van der Waals surface area contributed by atoms with Crippen molar-refractivity contribution >= 4 is 12.4 Å². The van der Waals surface area contributed by atoms with Crippen molar-refractivity contribution in [3.63, 3.8) is 0 Å². The summed E-state index contributed by atoms with van der Waals surface area (Å²) in [6.07, 6.45) is 2.16. The first-order chi connectivity index (χ1) is 8.69. The Morgan fingerprint density at radius 1 is 1.26 bits per heavy atom. The molecule has 1 unspecified atom stereocenters. The molecule has 2 rings (SSSR count). The van der Waals surface area contributed by atoms with Crippen LogP contribution in [0.15, 0.2) is 18.2 Å². The number of benzene rings is 1. The van der Waals surface area contributed by atoms with Crippen LogP contribution in [0.1, 0.15) is 25.3 Å². The minimum Gasteiger partial charge on any atom is -0.315 e. The van der Waals surface area contributed by atoms with Gasteiger partial charge < -0.3 is 5.32 Å². The van der Waals surface area contributed by atoms with Crippen molar-refractivity contribution < 1.29 is 8.78 Å². The summed E-state index contributed by atoms with van der Waals surface area (Å²) in [5.74, 6) is -0.989. The Hall–Kier alpha value is -0.710. The van der Waals surface area contributed by atoms with Crippen molar-refractivity contribution in [2.45, 2.75) is 32.4 Å². The maximum Gasteiger partial charge on any atom is 0.126 e. The van der Waals surface area contributed by atoms with Gasteiger partial charge >= 0.3 is 0 Å². The third-order valence-corrected chi connectivity index (χ3v) is 3.37. The number of hydrogen-bond donors (Lipinski definition) is 1. The summed E-state index contributed by atoms with van der Waals surface area (Å²) in [5.41, 5.74) is 0.716. The van der Waals surface area contributed by atoms with Crippen LogP contribution in [-0.4, -0.2) is 30.6 Å². The van der Waals surface area contributed by atoms with Gasteiger partial charge in [0.1, 0.15) is 11.6 Å². The summed E-state index contributed by atoms with van der Waals surface area (Å²) >= 11 is 0. The molecule has 0 amide bonds. The molecule has 1 atom stereocenters. The number of nitrogens with one attached hydrogen (secondary N) is 1. The lowest BCUT2D eigenvalue weighted by atomic mass is 10.1. The van der Waals surface area contributed by atoms with Crippen molar-refractivity contribution in [3.05, 3.63) is 35.4 Å². The second-order valence-electron chi connectivity index (χ2n) is 4.89. The molecule has 0 spiro atoms. The first kappa shape index (κ1) is 16.3. The highest BCUT2D eigenvalue weighted by atomic mass is 35.5. The number of rotatable bonds is 5. The van der Waals surface area contributed by atoms with E-state index in [2.05, 4.69) is 17.1 Å². The second-order valence-corrected chi connectivity index (χ2v) is 4.89. The van der Waals surface area contributed by atoms with E-state index in [4.69, 9.17) is 0 Å². The van der Waals surface area contributed by atoms with Crippen LogP contribution in [0.3, 0.4) is 0 Å². The fourth-order valence-corrected chi connectivity index (χ4v) is 2.57. The molecular formula is C14H21ClF2N2. The number of halogens is 3. The van der Waals surface area contributed by atoms with Gasteiger partial charge in [-0.25, -0.2) is 8.78 Å². The molecule has 108 valence electrons. The Labute approximate surface area is 119 Å². The molecule has 0 aliphatic carbocycles. The minimum absolute atomic E-state index is 0. The third kappa shape index (κ3) is 4.71. The van der Waals surface area contributed by atoms with Crippen LogP contribution in [0.5, 0.6) is 0 Å². The van der Waals surface area contributed by atoms with Gasteiger partial charge in [-0.2, -0.15) is 0 Å². The van der Waals surface area contributed by atoms with E-state index in [1.165, 1.54) is 12.1 Å². The van der Waals surface area contributed by atoms with Gasteiger partial charge in [0.05, 0.1) is 0 Å². The fourth-order valence-electron chi connectivity index (χ4n) is 2.57. The molecule has 1 heterocycles. The highest BCUT2D eigenvalue weighted by Gasteiger charge is 2.21. The van der Waals surface area contributed by atoms with E-state index in [1.807, 2.05) is 0 Å². The molecule has 1 fully saturated rings. The van der Waals surface area contributed by atoms with Crippen LogP contribution in [0.25, 0.3) is 0 Å². The van der Waals surface area contributed by atoms with E-state index in [-0.39, 0.29) is 12.4 Å². The number of hydrogen-bond acceptors (Lipinski definition) is 2. The Bertz CT molecular complexity index is 375. The average molecular weight is 291 g/mol. The molecule has 1 N–H and O–H groups in total. The van der Waals surface area contributed by atoms with Gasteiger partial charge in [0.2, 0.25) is 0 Å². The highest BCUT2D eigenvalue weighted by Crippen LogP contribution is 2.16. The van der Waals surface area contributed by atoms with Gasteiger partial charge in [-0.15, -0.1) is 12.4 Å². The molecule has 1 aromatic rings. The van der Waals surface area contributed by atoms with Crippen molar-refractivity contribution in [1.29, 1.82) is 0 Å². The Morgan fingerprint density at radius 3 is 2.47 bits per heavy atom. The average Bonchev–Trinajstić information content (AvgIpc) is 2.80. The van der Waals surface area contributed by atoms with E-state index >= 15 is 0 Å².